The van der Waals surface area contributed by atoms with E-state index >= 15 is 0 Å². The molecule has 5 heteroatoms. The second kappa shape index (κ2) is 4.49. The van der Waals surface area contributed by atoms with E-state index in [9.17, 15) is 8.42 Å². The minimum Gasteiger partial charge on any atom is -0.200 e. The Morgan fingerprint density at radius 3 is 2.21 bits per heavy atom. The van der Waals surface area contributed by atoms with Crippen LogP contribution in [0.3, 0.4) is 0 Å². The summed E-state index contributed by atoms with van der Waals surface area (Å²) in [7, 11) is -3.55. The number of allylic oxidation sites excluding steroid dienone is 2. The van der Waals surface area contributed by atoms with E-state index in [1.807, 2.05) is 6.92 Å². The van der Waals surface area contributed by atoms with E-state index in [4.69, 9.17) is 0 Å². The molecule has 1 saturated carbocycles. The van der Waals surface area contributed by atoms with Crippen LogP contribution in [0.5, 0.6) is 0 Å². The maximum Gasteiger partial charge on any atom is 0.276 e. The third-order valence-electron chi connectivity index (χ3n) is 3.75. The molecule has 2 unspecified atom stereocenters. The van der Waals surface area contributed by atoms with Crippen molar-refractivity contribution in [2.24, 2.45) is 16.9 Å². The predicted molar refractivity (Wildman–Crippen MR) is 74.3 cm³/mol. The van der Waals surface area contributed by atoms with E-state index in [2.05, 4.69) is 22.1 Å². The average Bonchev–Trinajstić information content (AvgIpc) is 2.96. The summed E-state index contributed by atoms with van der Waals surface area (Å²) in [5, 5.41) is 4.13. The minimum absolute atomic E-state index is 0.251. The predicted octanol–water partition coefficient (Wildman–Crippen LogP) is 2.23. The van der Waals surface area contributed by atoms with Crippen molar-refractivity contribution in [1.82, 2.24) is 4.83 Å². The van der Waals surface area contributed by atoms with Crippen LogP contribution in [0.15, 0.2) is 46.4 Å². The van der Waals surface area contributed by atoms with Crippen molar-refractivity contribution in [3.05, 3.63) is 42.0 Å². The van der Waals surface area contributed by atoms with Crippen LogP contribution in [0.25, 0.3) is 0 Å². The topological polar surface area (TPSA) is 58.5 Å². The molecule has 0 aromatic heterocycles. The maximum absolute atomic E-state index is 12.1. The van der Waals surface area contributed by atoms with Crippen LogP contribution in [-0.2, 0) is 10.0 Å². The van der Waals surface area contributed by atoms with Crippen molar-refractivity contribution >= 4 is 15.7 Å². The van der Waals surface area contributed by atoms with Crippen LogP contribution >= 0.6 is 0 Å². The molecule has 3 rings (SSSR count). The van der Waals surface area contributed by atoms with Gasteiger partial charge in [-0.15, -0.1) is 0 Å². The Kier molecular flexibility index (Phi) is 2.93. The summed E-state index contributed by atoms with van der Waals surface area (Å²) < 4.78 is 24.2. The lowest BCUT2D eigenvalue weighted by atomic mass is 10.1. The van der Waals surface area contributed by atoms with E-state index in [1.54, 1.807) is 24.3 Å². The molecule has 1 aromatic carbocycles. The molecule has 0 radical (unpaired) electrons. The van der Waals surface area contributed by atoms with Gasteiger partial charge >= 0.3 is 0 Å². The first-order valence-corrected chi connectivity index (χ1v) is 7.89. The lowest BCUT2D eigenvalue weighted by molar-refractivity contribution is 0.584. The summed E-state index contributed by atoms with van der Waals surface area (Å²) >= 11 is 0. The molecular weight excluding hydrogens is 260 g/mol. The highest BCUT2D eigenvalue weighted by Crippen LogP contribution is 2.36. The SMILES string of the molecule is Cc1ccc(S(=O)(=O)NN=C2C3C=CC2CC3)cc1. The molecule has 1 fully saturated rings. The largest absolute Gasteiger partial charge is 0.276 e. The molecule has 100 valence electrons. The number of nitrogens with zero attached hydrogens (tertiary/aromatic N) is 1. The van der Waals surface area contributed by atoms with Crippen LogP contribution in [0, 0.1) is 18.8 Å². The monoisotopic (exact) mass is 276 g/mol. The van der Waals surface area contributed by atoms with Gasteiger partial charge in [0.2, 0.25) is 0 Å². The molecule has 19 heavy (non-hydrogen) atoms. The first-order valence-electron chi connectivity index (χ1n) is 6.40. The van der Waals surface area contributed by atoms with Gasteiger partial charge in [0.25, 0.3) is 10.0 Å². The Hall–Kier alpha value is -1.62. The summed E-state index contributed by atoms with van der Waals surface area (Å²) in [4.78, 5) is 2.61. The van der Waals surface area contributed by atoms with Gasteiger partial charge in [0.05, 0.1) is 10.6 Å². The molecule has 0 saturated heterocycles. The van der Waals surface area contributed by atoms with Gasteiger partial charge in [-0.3, -0.25) is 0 Å². The highest BCUT2D eigenvalue weighted by atomic mass is 32.2. The molecular formula is C14H16N2O2S. The van der Waals surface area contributed by atoms with Crippen molar-refractivity contribution in [2.75, 3.05) is 0 Å². The van der Waals surface area contributed by atoms with E-state index in [-0.39, 0.29) is 4.90 Å². The quantitative estimate of drug-likeness (QED) is 0.680. The first-order chi connectivity index (χ1) is 9.06. The Morgan fingerprint density at radius 1 is 1.11 bits per heavy atom. The van der Waals surface area contributed by atoms with Crippen LogP contribution in [0.4, 0.5) is 0 Å². The van der Waals surface area contributed by atoms with E-state index in [1.165, 1.54) is 0 Å². The zero-order valence-electron chi connectivity index (χ0n) is 10.7. The van der Waals surface area contributed by atoms with Crippen molar-refractivity contribution in [3.63, 3.8) is 0 Å². The Labute approximate surface area is 113 Å². The summed E-state index contributed by atoms with van der Waals surface area (Å²) in [6, 6.07) is 6.75. The highest BCUT2D eigenvalue weighted by molar-refractivity contribution is 7.89. The third-order valence-corrected chi connectivity index (χ3v) is 4.97. The standard InChI is InChI=1S/C14H16N2O2S/c1-10-2-8-13(9-3-10)19(17,18)16-15-14-11-4-5-12(14)7-6-11/h2-5,8-9,11-12,16H,6-7H2,1H3. The van der Waals surface area contributed by atoms with E-state index in [0.29, 0.717) is 11.8 Å². The first kappa shape index (κ1) is 12.4. The van der Waals surface area contributed by atoms with Gasteiger partial charge in [-0.05, 0) is 31.9 Å². The third kappa shape index (κ3) is 2.30. The Morgan fingerprint density at radius 2 is 1.68 bits per heavy atom. The number of nitrogens with one attached hydrogen (secondary N) is 1. The number of aryl methyl sites for hydroxylation is 1. The molecule has 1 aromatic rings. The fourth-order valence-corrected chi connectivity index (χ4v) is 3.46. The number of sulfonamides is 1. The number of benzene rings is 1. The number of fused-ring (bicyclic) bond motifs is 2. The molecule has 0 amide bonds. The van der Waals surface area contributed by atoms with Gasteiger partial charge in [-0.2, -0.15) is 13.5 Å². The maximum atomic E-state index is 12.1. The van der Waals surface area contributed by atoms with Gasteiger partial charge in [-0.25, -0.2) is 4.83 Å². The molecule has 2 aliphatic rings. The van der Waals surface area contributed by atoms with Gasteiger partial charge in [0, 0.05) is 11.8 Å². The van der Waals surface area contributed by atoms with Crippen molar-refractivity contribution in [1.29, 1.82) is 0 Å². The fourth-order valence-electron chi connectivity index (χ4n) is 2.64. The van der Waals surface area contributed by atoms with Crippen LogP contribution in [-0.4, -0.2) is 14.1 Å². The summed E-state index contributed by atoms with van der Waals surface area (Å²) in [5.74, 6) is 0.649. The van der Waals surface area contributed by atoms with Crippen LogP contribution in [0.2, 0.25) is 0 Å². The van der Waals surface area contributed by atoms with Crippen LogP contribution in [0.1, 0.15) is 18.4 Å². The lowest BCUT2D eigenvalue weighted by Gasteiger charge is -2.07. The van der Waals surface area contributed by atoms with Gasteiger partial charge in [-0.1, -0.05) is 29.8 Å². The van der Waals surface area contributed by atoms with E-state index < -0.39 is 10.0 Å². The van der Waals surface area contributed by atoms with Gasteiger partial charge < -0.3 is 0 Å². The summed E-state index contributed by atoms with van der Waals surface area (Å²) in [6.07, 6.45) is 6.39. The lowest BCUT2D eigenvalue weighted by Crippen LogP contribution is -2.21. The number of hydrazone groups is 1. The smallest absolute Gasteiger partial charge is 0.200 e. The summed E-state index contributed by atoms with van der Waals surface area (Å²) in [6.45, 7) is 1.92. The van der Waals surface area contributed by atoms with Gasteiger partial charge in [0.1, 0.15) is 0 Å². The van der Waals surface area contributed by atoms with Crippen molar-refractivity contribution < 1.29 is 8.42 Å². The molecule has 2 aliphatic carbocycles. The molecule has 0 spiro atoms. The molecule has 0 heterocycles. The van der Waals surface area contributed by atoms with E-state index in [0.717, 1.165) is 24.1 Å². The fraction of sp³-hybridized carbons (Fsp3) is 0.357. The van der Waals surface area contributed by atoms with Crippen molar-refractivity contribution in [3.8, 4) is 0 Å². The minimum atomic E-state index is -3.55. The highest BCUT2D eigenvalue weighted by Gasteiger charge is 2.34. The average molecular weight is 276 g/mol. The normalized spacial score (nSPS) is 24.8. The zero-order valence-corrected chi connectivity index (χ0v) is 11.5. The van der Waals surface area contributed by atoms with Crippen molar-refractivity contribution in [2.45, 2.75) is 24.7 Å². The summed E-state index contributed by atoms with van der Waals surface area (Å²) in [5.41, 5.74) is 1.99. The Bertz CT molecular complexity index is 629. The molecule has 0 aliphatic heterocycles. The number of rotatable bonds is 3. The number of hydrogen-bond acceptors (Lipinski definition) is 3. The molecule has 2 bridgehead atoms. The second-order valence-corrected chi connectivity index (χ2v) is 6.78. The zero-order chi connectivity index (χ0) is 13.5. The second-order valence-electron chi connectivity index (χ2n) is 5.12. The molecule has 4 nitrogen and oxygen atoms in total. The van der Waals surface area contributed by atoms with Gasteiger partial charge in [0.15, 0.2) is 0 Å². The molecule has 1 N–H and O–H groups in total. The number of hydrogen-bond donors (Lipinski definition) is 1. The molecule has 2 atom stereocenters. The van der Waals surface area contributed by atoms with Crippen LogP contribution < -0.4 is 4.83 Å². The Balaban J connectivity index is 1.80.